The maximum atomic E-state index is 13.1. The average Bonchev–Trinajstić information content (AvgIpc) is 3.41. The maximum Gasteiger partial charge on any atom is 0.317 e. The molecule has 2 aliphatic rings. The molecule has 4 rings (SSSR count). The molecular formula is C27H38N6O3. The van der Waals surface area contributed by atoms with E-state index in [0.717, 1.165) is 64.1 Å². The number of nitrogens with two attached hydrogens (primary N) is 1. The highest BCUT2D eigenvalue weighted by Gasteiger charge is 2.21. The van der Waals surface area contributed by atoms with Crippen LogP contribution in [0.15, 0.2) is 42.6 Å². The number of para-hydroxylation sites is 2. The number of unbranched alkanes of at least 4 members (excludes halogenated alkanes) is 1. The molecule has 1 aliphatic carbocycles. The van der Waals surface area contributed by atoms with E-state index in [1.54, 1.807) is 24.4 Å². The SMILES string of the molecule is Nc1ccccc1NC(=O)c1ccc(CN(CCCCN2CCOCC2)C(=O)NC2CCCC2)cn1. The Labute approximate surface area is 213 Å². The lowest BCUT2D eigenvalue weighted by Gasteiger charge is -2.28. The van der Waals surface area contributed by atoms with Crippen LogP contribution in [-0.4, -0.2) is 72.2 Å². The molecule has 0 radical (unpaired) electrons. The van der Waals surface area contributed by atoms with E-state index in [-0.39, 0.29) is 18.0 Å². The molecule has 1 aliphatic heterocycles. The number of hydrogen-bond donors (Lipinski definition) is 3. The molecule has 0 atom stereocenters. The highest BCUT2D eigenvalue weighted by molar-refractivity contribution is 6.04. The van der Waals surface area contributed by atoms with E-state index in [9.17, 15) is 9.59 Å². The minimum absolute atomic E-state index is 0.0188. The molecule has 0 spiro atoms. The standard InChI is InChI=1S/C27H38N6O3/c28-23-9-3-4-10-24(23)31-26(34)25-12-11-21(19-29-25)20-33(27(35)30-22-7-1-2-8-22)14-6-5-13-32-15-17-36-18-16-32/h3-4,9-12,19,22H,1-2,5-8,13-18,20,28H2,(H,30,35)(H,31,34). The second kappa shape index (κ2) is 13.2. The molecule has 9 nitrogen and oxygen atoms in total. The number of nitrogens with one attached hydrogen (secondary N) is 2. The maximum absolute atomic E-state index is 13.1. The van der Waals surface area contributed by atoms with Gasteiger partial charge < -0.3 is 26.0 Å². The normalized spacial score (nSPS) is 16.6. The van der Waals surface area contributed by atoms with Gasteiger partial charge in [0.1, 0.15) is 5.69 Å². The number of nitrogen functional groups attached to an aromatic ring is 1. The monoisotopic (exact) mass is 494 g/mol. The quantitative estimate of drug-likeness (QED) is 0.344. The summed E-state index contributed by atoms with van der Waals surface area (Å²) in [6.45, 7) is 5.72. The molecule has 1 saturated carbocycles. The van der Waals surface area contributed by atoms with Gasteiger partial charge in [-0.2, -0.15) is 0 Å². The Balaban J connectivity index is 1.33. The van der Waals surface area contributed by atoms with E-state index in [1.165, 1.54) is 12.8 Å². The van der Waals surface area contributed by atoms with Crippen LogP contribution < -0.4 is 16.4 Å². The van der Waals surface area contributed by atoms with Crippen molar-refractivity contribution in [3.8, 4) is 0 Å². The summed E-state index contributed by atoms with van der Waals surface area (Å²) in [6, 6.07) is 10.9. The summed E-state index contributed by atoms with van der Waals surface area (Å²) in [5.74, 6) is -0.321. The highest BCUT2D eigenvalue weighted by Crippen LogP contribution is 2.19. The molecule has 3 amide bonds. The van der Waals surface area contributed by atoms with E-state index >= 15 is 0 Å². The number of hydrogen-bond acceptors (Lipinski definition) is 6. The Morgan fingerprint density at radius 2 is 1.86 bits per heavy atom. The summed E-state index contributed by atoms with van der Waals surface area (Å²) in [5, 5.41) is 6.01. The topological polar surface area (TPSA) is 113 Å². The third kappa shape index (κ3) is 7.66. The zero-order valence-electron chi connectivity index (χ0n) is 21.0. The van der Waals surface area contributed by atoms with E-state index in [4.69, 9.17) is 10.5 Å². The van der Waals surface area contributed by atoms with Crippen molar-refractivity contribution in [2.24, 2.45) is 0 Å². The lowest BCUT2D eigenvalue weighted by molar-refractivity contribution is 0.0369. The number of urea groups is 1. The molecule has 2 heterocycles. The highest BCUT2D eigenvalue weighted by atomic mass is 16.5. The Bertz CT molecular complexity index is 987. The van der Waals surface area contributed by atoms with Crippen molar-refractivity contribution in [3.05, 3.63) is 53.9 Å². The zero-order valence-corrected chi connectivity index (χ0v) is 21.0. The van der Waals surface area contributed by atoms with Crippen LogP contribution in [0.25, 0.3) is 0 Å². The van der Waals surface area contributed by atoms with E-state index in [1.807, 2.05) is 23.1 Å². The summed E-state index contributed by atoms with van der Waals surface area (Å²) in [5.41, 5.74) is 8.16. The first kappa shape index (κ1) is 25.9. The van der Waals surface area contributed by atoms with Crippen LogP contribution in [-0.2, 0) is 11.3 Å². The van der Waals surface area contributed by atoms with Crippen LogP contribution in [0, 0.1) is 0 Å². The molecule has 1 saturated heterocycles. The van der Waals surface area contributed by atoms with Crippen molar-refractivity contribution in [3.63, 3.8) is 0 Å². The van der Waals surface area contributed by atoms with Crippen molar-refractivity contribution in [2.45, 2.75) is 51.1 Å². The fourth-order valence-corrected chi connectivity index (χ4v) is 4.72. The molecule has 2 fully saturated rings. The Morgan fingerprint density at radius 1 is 1.08 bits per heavy atom. The van der Waals surface area contributed by atoms with Crippen LogP contribution >= 0.6 is 0 Å². The zero-order chi connectivity index (χ0) is 25.2. The van der Waals surface area contributed by atoms with Gasteiger partial charge in [0.15, 0.2) is 0 Å². The van der Waals surface area contributed by atoms with Crippen molar-refractivity contribution >= 4 is 23.3 Å². The van der Waals surface area contributed by atoms with Crippen molar-refractivity contribution in [1.29, 1.82) is 0 Å². The third-order valence-corrected chi connectivity index (χ3v) is 6.87. The molecule has 36 heavy (non-hydrogen) atoms. The first-order valence-electron chi connectivity index (χ1n) is 13.0. The van der Waals surface area contributed by atoms with Gasteiger partial charge in [0.25, 0.3) is 5.91 Å². The van der Waals surface area contributed by atoms with Gasteiger partial charge in [-0.15, -0.1) is 0 Å². The third-order valence-electron chi connectivity index (χ3n) is 6.87. The predicted molar refractivity (Wildman–Crippen MR) is 141 cm³/mol. The Hall–Kier alpha value is -3.17. The molecule has 1 aromatic carbocycles. The van der Waals surface area contributed by atoms with Gasteiger partial charge in [0, 0.05) is 38.4 Å². The van der Waals surface area contributed by atoms with Gasteiger partial charge in [0.2, 0.25) is 0 Å². The fraction of sp³-hybridized carbons (Fsp3) is 0.519. The largest absolute Gasteiger partial charge is 0.397 e. The van der Waals surface area contributed by atoms with Crippen LogP contribution in [0.3, 0.4) is 0 Å². The van der Waals surface area contributed by atoms with Gasteiger partial charge in [-0.05, 0) is 56.0 Å². The summed E-state index contributed by atoms with van der Waals surface area (Å²) >= 11 is 0. The summed E-state index contributed by atoms with van der Waals surface area (Å²) < 4.78 is 5.42. The summed E-state index contributed by atoms with van der Waals surface area (Å²) in [4.78, 5) is 34.3. The van der Waals surface area contributed by atoms with E-state index in [0.29, 0.717) is 30.2 Å². The second-order valence-corrected chi connectivity index (χ2v) is 9.61. The molecule has 0 bridgehead atoms. The average molecular weight is 495 g/mol. The van der Waals surface area contributed by atoms with Crippen LogP contribution in [0.4, 0.5) is 16.2 Å². The second-order valence-electron chi connectivity index (χ2n) is 9.61. The van der Waals surface area contributed by atoms with Crippen molar-refractivity contribution < 1.29 is 14.3 Å². The smallest absolute Gasteiger partial charge is 0.317 e. The Morgan fingerprint density at radius 3 is 2.58 bits per heavy atom. The number of ether oxygens (including phenoxy) is 1. The lowest BCUT2D eigenvalue weighted by Crippen LogP contribution is -2.44. The van der Waals surface area contributed by atoms with Crippen LogP contribution in [0.1, 0.15) is 54.6 Å². The minimum atomic E-state index is -0.321. The number of morpholine rings is 1. The number of anilines is 2. The van der Waals surface area contributed by atoms with Gasteiger partial charge >= 0.3 is 6.03 Å². The number of carbonyl (C=O) groups excluding carboxylic acids is 2. The molecule has 0 unspecified atom stereocenters. The number of amides is 3. The predicted octanol–water partition coefficient (Wildman–Crippen LogP) is 3.48. The minimum Gasteiger partial charge on any atom is -0.397 e. The van der Waals surface area contributed by atoms with Crippen LogP contribution in [0.2, 0.25) is 0 Å². The molecule has 2 aromatic rings. The first-order chi connectivity index (χ1) is 17.6. The molecule has 9 heteroatoms. The Kier molecular flexibility index (Phi) is 9.52. The van der Waals surface area contributed by atoms with E-state index < -0.39 is 0 Å². The number of rotatable bonds is 10. The van der Waals surface area contributed by atoms with Crippen molar-refractivity contribution in [2.75, 3.05) is 50.4 Å². The number of carbonyl (C=O) groups is 2. The first-order valence-corrected chi connectivity index (χ1v) is 13.0. The number of nitrogens with zero attached hydrogens (tertiary/aromatic N) is 3. The molecular weight excluding hydrogens is 456 g/mol. The lowest BCUT2D eigenvalue weighted by atomic mass is 10.2. The molecule has 194 valence electrons. The summed E-state index contributed by atoms with van der Waals surface area (Å²) in [6.07, 6.45) is 8.09. The number of pyridine rings is 1. The van der Waals surface area contributed by atoms with Gasteiger partial charge in [0.05, 0.1) is 24.6 Å². The van der Waals surface area contributed by atoms with Crippen molar-refractivity contribution in [1.82, 2.24) is 20.1 Å². The molecule has 1 aromatic heterocycles. The number of aromatic nitrogens is 1. The van der Waals surface area contributed by atoms with Gasteiger partial charge in [-0.1, -0.05) is 31.0 Å². The summed E-state index contributed by atoms with van der Waals surface area (Å²) in [7, 11) is 0. The molecule has 4 N–H and O–H groups in total. The van der Waals surface area contributed by atoms with Gasteiger partial charge in [-0.3, -0.25) is 14.7 Å². The number of benzene rings is 1. The van der Waals surface area contributed by atoms with E-state index in [2.05, 4.69) is 20.5 Å². The van der Waals surface area contributed by atoms with Crippen LogP contribution in [0.5, 0.6) is 0 Å². The fourth-order valence-electron chi connectivity index (χ4n) is 4.72. The van der Waals surface area contributed by atoms with Gasteiger partial charge in [-0.25, -0.2) is 4.79 Å².